The lowest BCUT2D eigenvalue weighted by atomic mass is 10.1. The van der Waals surface area contributed by atoms with Gasteiger partial charge in [-0.15, -0.1) is 0 Å². The van der Waals surface area contributed by atoms with Crippen molar-refractivity contribution in [3.63, 3.8) is 0 Å². The summed E-state index contributed by atoms with van der Waals surface area (Å²) >= 11 is 0. The molecular weight excluding hydrogens is 170 g/mol. The van der Waals surface area contributed by atoms with Gasteiger partial charge in [0.2, 0.25) is 0 Å². The Labute approximate surface area is 76.6 Å². The molecule has 0 radical (unpaired) electrons. The lowest BCUT2D eigenvalue weighted by molar-refractivity contribution is 0.507. The van der Waals surface area contributed by atoms with Gasteiger partial charge in [-0.3, -0.25) is 0 Å². The van der Waals surface area contributed by atoms with Crippen LogP contribution in [-0.2, 0) is 0 Å². The van der Waals surface area contributed by atoms with E-state index >= 15 is 0 Å². The quantitative estimate of drug-likeness (QED) is 0.656. The van der Waals surface area contributed by atoms with Crippen LogP contribution in [-0.4, -0.2) is 0 Å². The van der Waals surface area contributed by atoms with Crippen LogP contribution in [0.3, 0.4) is 0 Å². The van der Waals surface area contributed by atoms with E-state index in [1.807, 2.05) is 0 Å². The van der Waals surface area contributed by atoms with Crippen LogP contribution in [0.2, 0.25) is 0 Å². The van der Waals surface area contributed by atoms with Gasteiger partial charge >= 0.3 is 0 Å². The van der Waals surface area contributed by atoms with Crippen molar-refractivity contribution in [2.24, 2.45) is 5.92 Å². The van der Waals surface area contributed by atoms with Crippen molar-refractivity contribution in [2.45, 2.75) is 25.7 Å². The summed E-state index contributed by atoms with van der Waals surface area (Å²) in [5.74, 6) is -0.318. The zero-order valence-corrected chi connectivity index (χ0v) is 7.56. The molecule has 1 aromatic rings. The third-order valence-electron chi connectivity index (χ3n) is 2.82. The van der Waals surface area contributed by atoms with Gasteiger partial charge in [-0.05, 0) is 36.0 Å². The molecule has 2 rings (SSSR count). The van der Waals surface area contributed by atoms with Crippen LogP contribution in [0.5, 0.6) is 0 Å². The van der Waals surface area contributed by atoms with Gasteiger partial charge in [0.25, 0.3) is 0 Å². The van der Waals surface area contributed by atoms with Crippen molar-refractivity contribution in [3.8, 4) is 0 Å². The van der Waals surface area contributed by atoms with E-state index in [1.54, 1.807) is 6.07 Å². The Morgan fingerprint density at radius 3 is 2.62 bits per heavy atom. The van der Waals surface area contributed by atoms with E-state index in [9.17, 15) is 8.78 Å². The van der Waals surface area contributed by atoms with E-state index in [-0.39, 0.29) is 0 Å². The van der Waals surface area contributed by atoms with Crippen LogP contribution < -0.4 is 0 Å². The molecule has 1 saturated carbocycles. The average molecular weight is 182 g/mol. The number of halogens is 2. The predicted molar refractivity (Wildman–Crippen MR) is 47.5 cm³/mol. The average Bonchev–Trinajstić information content (AvgIpc) is 2.88. The van der Waals surface area contributed by atoms with Crippen LogP contribution in [0.15, 0.2) is 18.2 Å². The summed E-state index contributed by atoms with van der Waals surface area (Å²) in [4.78, 5) is 0. The second-order valence-corrected chi connectivity index (χ2v) is 3.68. The van der Waals surface area contributed by atoms with Crippen molar-refractivity contribution < 1.29 is 8.78 Å². The van der Waals surface area contributed by atoms with Gasteiger partial charge in [-0.25, -0.2) is 8.78 Å². The van der Waals surface area contributed by atoms with Gasteiger partial charge in [0.15, 0.2) is 11.6 Å². The van der Waals surface area contributed by atoms with Crippen LogP contribution in [0, 0.1) is 17.6 Å². The van der Waals surface area contributed by atoms with Gasteiger partial charge in [-0.1, -0.05) is 19.4 Å². The molecule has 2 heteroatoms. The maximum atomic E-state index is 12.8. The summed E-state index contributed by atoms with van der Waals surface area (Å²) in [6, 6.07) is 4.24. The van der Waals surface area contributed by atoms with Gasteiger partial charge in [0.1, 0.15) is 0 Å². The highest BCUT2D eigenvalue weighted by Crippen LogP contribution is 2.49. The lowest BCUT2D eigenvalue weighted by Gasteiger charge is -1.99. The van der Waals surface area contributed by atoms with Crippen molar-refractivity contribution in [1.29, 1.82) is 0 Å². The van der Waals surface area contributed by atoms with Crippen molar-refractivity contribution >= 4 is 0 Å². The number of hydrogen-bond donors (Lipinski definition) is 0. The topological polar surface area (TPSA) is 0 Å². The molecule has 0 saturated heterocycles. The highest BCUT2D eigenvalue weighted by Gasteiger charge is 2.36. The standard InChI is InChI=1S/C11H12F2/c1-2-7-5-9(7)8-3-4-10(12)11(13)6-8/h3-4,6-7,9H,2,5H2,1H3/t7?,9-/m1/s1. The highest BCUT2D eigenvalue weighted by molar-refractivity contribution is 5.26. The smallest absolute Gasteiger partial charge is 0.159 e. The van der Waals surface area contributed by atoms with E-state index in [0.29, 0.717) is 11.8 Å². The summed E-state index contributed by atoms with van der Waals surface area (Å²) < 4.78 is 25.4. The Morgan fingerprint density at radius 2 is 2.08 bits per heavy atom. The largest absolute Gasteiger partial charge is 0.204 e. The molecule has 0 nitrogen and oxygen atoms in total. The Hall–Kier alpha value is -0.920. The Kier molecular flexibility index (Phi) is 2.06. The molecule has 1 aromatic carbocycles. The Balaban J connectivity index is 2.19. The Morgan fingerprint density at radius 1 is 1.31 bits per heavy atom. The fourth-order valence-corrected chi connectivity index (χ4v) is 1.85. The lowest BCUT2D eigenvalue weighted by Crippen LogP contribution is -1.88. The van der Waals surface area contributed by atoms with Crippen LogP contribution in [0.25, 0.3) is 0 Å². The third kappa shape index (κ3) is 1.58. The van der Waals surface area contributed by atoms with Crippen molar-refractivity contribution in [3.05, 3.63) is 35.4 Å². The van der Waals surface area contributed by atoms with Gasteiger partial charge in [0, 0.05) is 0 Å². The molecule has 0 amide bonds. The normalized spacial score (nSPS) is 26.1. The number of rotatable bonds is 2. The van der Waals surface area contributed by atoms with E-state index in [4.69, 9.17) is 0 Å². The minimum Gasteiger partial charge on any atom is -0.204 e. The molecule has 70 valence electrons. The summed E-state index contributed by atoms with van der Waals surface area (Å²) in [5, 5.41) is 0. The molecule has 0 bridgehead atoms. The molecule has 0 aromatic heterocycles. The number of benzene rings is 1. The zero-order chi connectivity index (χ0) is 9.42. The van der Waals surface area contributed by atoms with Gasteiger partial charge < -0.3 is 0 Å². The number of hydrogen-bond acceptors (Lipinski definition) is 0. The minimum atomic E-state index is -0.752. The van der Waals surface area contributed by atoms with Crippen LogP contribution in [0.1, 0.15) is 31.2 Å². The van der Waals surface area contributed by atoms with Crippen LogP contribution in [0.4, 0.5) is 8.78 Å². The molecule has 1 unspecified atom stereocenters. The first-order valence-corrected chi connectivity index (χ1v) is 4.67. The van der Waals surface area contributed by atoms with Crippen molar-refractivity contribution in [1.82, 2.24) is 0 Å². The summed E-state index contributed by atoms with van der Waals surface area (Å²) in [7, 11) is 0. The molecule has 1 aliphatic rings. The van der Waals surface area contributed by atoms with Crippen LogP contribution >= 0.6 is 0 Å². The third-order valence-corrected chi connectivity index (χ3v) is 2.82. The minimum absolute atomic E-state index is 0.472. The summed E-state index contributed by atoms with van der Waals surface area (Å²) in [6.45, 7) is 2.13. The van der Waals surface area contributed by atoms with E-state index in [2.05, 4.69) is 6.92 Å². The second-order valence-electron chi connectivity index (χ2n) is 3.68. The maximum absolute atomic E-state index is 12.8. The summed E-state index contributed by atoms with van der Waals surface area (Å²) in [6.07, 6.45) is 2.26. The zero-order valence-electron chi connectivity index (χ0n) is 7.56. The molecule has 1 fully saturated rings. The monoisotopic (exact) mass is 182 g/mol. The molecule has 2 atom stereocenters. The van der Waals surface area contributed by atoms with Gasteiger partial charge in [0.05, 0.1) is 0 Å². The summed E-state index contributed by atoms with van der Waals surface area (Å²) in [5.41, 5.74) is 0.950. The molecule has 13 heavy (non-hydrogen) atoms. The first-order chi connectivity index (χ1) is 6.22. The second kappa shape index (κ2) is 3.09. The van der Waals surface area contributed by atoms with Gasteiger partial charge in [-0.2, -0.15) is 0 Å². The van der Waals surface area contributed by atoms with E-state index in [0.717, 1.165) is 18.4 Å². The Bertz CT molecular complexity index is 320. The maximum Gasteiger partial charge on any atom is 0.159 e. The first-order valence-electron chi connectivity index (χ1n) is 4.67. The molecule has 0 spiro atoms. The fourth-order valence-electron chi connectivity index (χ4n) is 1.85. The molecule has 0 N–H and O–H groups in total. The fraction of sp³-hybridized carbons (Fsp3) is 0.455. The highest BCUT2D eigenvalue weighted by atomic mass is 19.2. The molecule has 1 aliphatic carbocycles. The molecule has 0 aliphatic heterocycles. The SMILES string of the molecule is CCC1C[C@H]1c1ccc(F)c(F)c1. The van der Waals surface area contributed by atoms with Crippen molar-refractivity contribution in [2.75, 3.05) is 0 Å². The molecule has 0 heterocycles. The first kappa shape index (κ1) is 8.67. The molecular formula is C11H12F2. The van der Waals surface area contributed by atoms with E-state index in [1.165, 1.54) is 12.1 Å². The predicted octanol–water partition coefficient (Wildman–Crippen LogP) is 3.48. The van der Waals surface area contributed by atoms with E-state index < -0.39 is 11.6 Å².